The Balaban J connectivity index is 1.78. The number of hydrogen-bond donors (Lipinski definition) is 2. The Morgan fingerprint density at radius 3 is 2.48 bits per heavy atom. The molecule has 1 aliphatic rings. The number of carbonyl (C=O) groups is 3. The summed E-state index contributed by atoms with van der Waals surface area (Å²) in [5, 5.41) is 5.22. The van der Waals surface area contributed by atoms with Crippen LogP contribution in [-0.4, -0.2) is 62.3 Å². The van der Waals surface area contributed by atoms with E-state index in [1.807, 2.05) is 0 Å². The molecule has 3 amide bonds. The second kappa shape index (κ2) is 9.63. The van der Waals surface area contributed by atoms with Crippen LogP contribution in [0.15, 0.2) is 24.3 Å². The van der Waals surface area contributed by atoms with Crippen LogP contribution in [0.1, 0.15) is 23.7 Å². The maximum Gasteiger partial charge on any atom is 0.319 e. The number of esters is 1. The highest BCUT2D eigenvalue weighted by Crippen LogP contribution is 2.12. The molecule has 8 nitrogen and oxygen atoms in total. The third-order valence-corrected chi connectivity index (χ3v) is 3.61. The number of urea groups is 1. The van der Waals surface area contributed by atoms with Gasteiger partial charge in [0.1, 0.15) is 0 Å². The van der Waals surface area contributed by atoms with Crippen LogP contribution in [-0.2, 0) is 14.3 Å². The normalized spacial score (nSPS) is 13.9. The standard InChI is InChI=1S/C17H23N3O5/c1-2-25-15(21)7-8-18-17(23)19-14-5-3-13(4-6-14)16(22)20-9-11-24-12-10-20/h3-6H,2,7-12H2,1H3,(H2,18,19,23). The minimum absolute atomic E-state index is 0.0475. The molecule has 0 saturated carbocycles. The molecule has 0 spiro atoms. The number of anilines is 1. The van der Waals surface area contributed by atoms with Gasteiger partial charge in [0.2, 0.25) is 0 Å². The van der Waals surface area contributed by atoms with Crippen LogP contribution in [0.2, 0.25) is 0 Å². The van der Waals surface area contributed by atoms with Gasteiger partial charge < -0.3 is 25.0 Å². The topological polar surface area (TPSA) is 97.0 Å². The van der Waals surface area contributed by atoms with E-state index in [4.69, 9.17) is 9.47 Å². The smallest absolute Gasteiger partial charge is 0.319 e. The Kier molecular flexibility index (Phi) is 7.21. The summed E-state index contributed by atoms with van der Waals surface area (Å²) >= 11 is 0. The molecule has 0 radical (unpaired) electrons. The monoisotopic (exact) mass is 349 g/mol. The number of morpholine rings is 1. The van der Waals surface area contributed by atoms with Crippen molar-refractivity contribution >= 4 is 23.6 Å². The van der Waals surface area contributed by atoms with Gasteiger partial charge in [-0.25, -0.2) is 4.79 Å². The second-order valence-electron chi connectivity index (χ2n) is 5.42. The molecule has 8 heteroatoms. The van der Waals surface area contributed by atoms with E-state index in [9.17, 15) is 14.4 Å². The number of nitrogens with zero attached hydrogens (tertiary/aromatic N) is 1. The molecule has 1 aliphatic heterocycles. The van der Waals surface area contributed by atoms with Crippen molar-refractivity contribution in [1.29, 1.82) is 0 Å². The molecule has 136 valence electrons. The first-order valence-electron chi connectivity index (χ1n) is 8.27. The molecule has 0 unspecified atom stereocenters. The lowest BCUT2D eigenvalue weighted by molar-refractivity contribution is -0.142. The highest BCUT2D eigenvalue weighted by Gasteiger charge is 2.18. The zero-order valence-corrected chi connectivity index (χ0v) is 14.2. The third-order valence-electron chi connectivity index (χ3n) is 3.61. The van der Waals surface area contributed by atoms with Crippen LogP contribution in [0, 0.1) is 0 Å². The van der Waals surface area contributed by atoms with Crippen molar-refractivity contribution in [3.05, 3.63) is 29.8 Å². The highest BCUT2D eigenvalue weighted by molar-refractivity contribution is 5.95. The predicted octanol–water partition coefficient (Wildman–Crippen LogP) is 1.23. The van der Waals surface area contributed by atoms with Gasteiger partial charge in [0, 0.05) is 30.9 Å². The quantitative estimate of drug-likeness (QED) is 0.753. The first-order valence-corrected chi connectivity index (χ1v) is 8.27. The van der Waals surface area contributed by atoms with Gasteiger partial charge in [-0.1, -0.05) is 0 Å². The molecule has 1 saturated heterocycles. The van der Waals surface area contributed by atoms with E-state index >= 15 is 0 Å². The number of carbonyl (C=O) groups excluding carboxylic acids is 3. The van der Waals surface area contributed by atoms with Gasteiger partial charge in [-0.3, -0.25) is 9.59 Å². The van der Waals surface area contributed by atoms with E-state index in [1.54, 1.807) is 36.1 Å². The van der Waals surface area contributed by atoms with E-state index in [1.165, 1.54) is 0 Å². The van der Waals surface area contributed by atoms with Crippen LogP contribution in [0.3, 0.4) is 0 Å². The largest absolute Gasteiger partial charge is 0.466 e. The van der Waals surface area contributed by atoms with E-state index in [-0.39, 0.29) is 24.8 Å². The summed E-state index contributed by atoms with van der Waals surface area (Å²) in [7, 11) is 0. The minimum atomic E-state index is -0.420. The van der Waals surface area contributed by atoms with Crippen molar-refractivity contribution in [3.8, 4) is 0 Å². The molecular weight excluding hydrogens is 326 g/mol. The summed E-state index contributed by atoms with van der Waals surface area (Å²) in [6.45, 7) is 4.52. The molecule has 1 aromatic rings. The Bertz CT molecular complexity index is 597. The molecule has 0 atom stereocenters. The molecule has 1 heterocycles. The van der Waals surface area contributed by atoms with E-state index in [2.05, 4.69) is 10.6 Å². The summed E-state index contributed by atoms with van der Waals surface area (Å²) in [6, 6.07) is 6.26. The Hall–Kier alpha value is -2.61. The number of amides is 3. The van der Waals surface area contributed by atoms with Crippen LogP contribution in [0.5, 0.6) is 0 Å². The van der Waals surface area contributed by atoms with Gasteiger partial charge in [-0.05, 0) is 31.2 Å². The van der Waals surface area contributed by atoms with Crippen molar-refractivity contribution in [2.24, 2.45) is 0 Å². The molecule has 2 N–H and O–H groups in total. The number of benzene rings is 1. The molecule has 2 rings (SSSR count). The van der Waals surface area contributed by atoms with E-state index in [0.29, 0.717) is 44.2 Å². The van der Waals surface area contributed by atoms with Crippen LogP contribution in [0.4, 0.5) is 10.5 Å². The van der Waals surface area contributed by atoms with Gasteiger partial charge in [0.05, 0.1) is 26.2 Å². The van der Waals surface area contributed by atoms with Crippen molar-refractivity contribution in [3.63, 3.8) is 0 Å². The van der Waals surface area contributed by atoms with Gasteiger partial charge in [0.15, 0.2) is 0 Å². The Morgan fingerprint density at radius 2 is 1.84 bits per heavy atom. The van der Waals surface area contributed by atoms with Crippen molar-refractivity contribution in [2.45, 2.75) is 13.3 Å². The zero-order chi connectivity index (χ0) is 18.1. The van der Waals surface area contributed by atoms with Crippen LogP contribution in [0.25, 0.3) is 0 Å². The fourth-order valence-electron chi connectivity index (χ4n) is 2.33. The number of rotatable bonds is 6. The highest BCUT2D eigenvalue weighted by atomic mass is 16.5. The zero-order valence-electron chi connectivity index (χ0n) is 14.2. The van der Waals surface area contributed by atoms with E-state index in [0.717, 1.165) is 0 Å². The summed E-state index contributed by atoms with van der Waals surface area (Å²) in [6.07, 6.45) is 0.119. The van der Waals surface area contributed by atoms with Crippen molar-refractivity contribution < 1.29 is 23.9 Å². The lowest BCUT2D eigenvalue weighted by Crippen LogP contribution is -2.40. The molecule has 25 heavy (non-hydrogen) atoms. The van der Waals surface area contributed by atoms with Gasteiger partial charge in [0.25, 0.3) is 5.91 Å². The van der Waals surface area contributed by atoms with Crippen molar-refractivity contribution in [2.75, 3.05) is 44.8 Å². The number of ether oxygens (including phenoxy) is 2. The molecule has 1 fully saturated rings. The Labute approximate surface area is 146 Å². The first-order chi connectivity index (χ1) is 12.1. The maximum atomic E-state index is 12.3. The minimum Gasteiger partial charge on any atom is -0.466 e. The SMILES string of the molecule is CCOC(=O)CCNC(=O)Nc1ccc(C(=O)N2CCOCC2)cc1. The summed E-state index contributed by atoms with van der Waals surface area (Å²) < 4.78 is 10.0. The van der Waals surface area contributed by atoms with Gasteiger partial charge in [-0.15, -0.1) is 0 Å². The van der Waals surface area contributed by atoms with Crippen molar-refractivity contribution in [1.82, 2.24) is 10.2 Å². The van der Waals surface area contributed by atoms with Gasteiger partial charge in [-0.2, -0.15) is 0 Å². The number of hydrogen-bond acceptors (Lipinski definition) is 5. The van der Waals surface area contributed by atoms with Crippen LogP contribution >= 0.6 is 0 Å². The Morgan fingerprint density at radius 1 is 1.16 bits per heavy atom. The maximum absolute atomic E-state index is 12.3. The molecule has 0 aromatic heterocycles. The summed E-state index contributed by atoms with van der Waals surface area (Å²) in [5.74, 6) is -0.400. The fourth-order valence-corrected chi connectivity index (χ4v) is 2.33. The van der Waals surface area contributed by atoms with Crippen LogP contribution < -0.4 is 10.6 Å². The fraction of sp³-hybridized carbons (Fsp3) is 0.471. The number of nitrogens with one attached hydrogen (secondary N) is 2. The summed E-state index contributed by atoms with van der Waals surface area (Å²) in [5.41, 5.74) is 1.13. The molecular formula is C17H23N3O5. The van der Waals surface area contributed by atoms with Gasteiger partial charge >= 0.3 is 12.0 Å². The molecule has 0 aliphatic carbocycles. The second-order valence-corrected chi connectivity index (χ2v) is 5.42. The third kappa shape index (κ3) is 6.07. The molecule has 0 bridgehead atoms. The predicted molar refractivity (Wildman–Crippen MR) is 91.4 cm³/mol. The average Bonchev–Trinajstić information content (AvgIpc) is 2.63. The molecule has 1 aromatic carbocycles. The average molecular weight is 349 g/mol. The lowest BCUT2D eigenvalue weighted by Gasteiger charge is -2.26. The first kappa shape index (κ1) is 18.7. The summed E-state index contributed by atoms with van der Waals surface area (Å²) in [4.78, 5) is 37.0. The van der Waals surface area contributed by atoms with E-state index < -0.39 is 6.03 Å². The lowest BCUT2D eigenvalue weighted by atomic mass is 10.1.